The average Bonchev–Trinajstić information content (AvgIpc) is 3.25. The summed E-state index contributed by atoms with van der Waals surface area (Å²) in [6, 6.07) is 5.47. The fraction of sp³-hybridized carbons (Fsp3) is 0.478. The van der Waals surface area contributed by atoms with Crippen LogP contribution in [0.5, 0.6) is 0 Å². The Morgan fingerprint density at radius 1 is 1.27 bits per heavy atom. The van der Waals surface area contributed by atoms with Crippen LogP contribution in [0.25, 0.3) is 0 Å². The zero-order valence-electron chi connectivity index (χ0n) is 17.9. The lowest BCUT2D eigenvalue weighted by molar-refractivity contribution is -0.0712. The van der Waals surface area contributed by atoms with Crippen LogP contribution in [-0.2, 0) is 4.74 Å². The molecule has 1 atom stereocenters. The van der Waals surface area contributed by atoms with Crippen molar-refractivity contribution in [3.63, 3.8) is 0 Å². The molecule has 3 heterocycles. The summed E-state index contributed by atoms with van der Waals surface area (Å²) < 4.78 is 33.1. The van der Waals surface area contributed by atoms with E-state index in [0.717, 1.165) is 49.4 Å². The first-order valence-corrected chi connectivity index (χ1v) is 11.3. The predicted octanol–water partition coefficient (Wildman–Crippen LogP) is 4.65. The number of halogens is 3. The molecule has 10 heteroatoms. The minimum absolute atomic E-state index is 0.0577. The fourth-order valence-electron chi connectivity index (χ4n) is 4.55. The van der Waals surface area contributed by atoms with Gasteiger partial charge < -0.3 is 4.74 Å². The number of hydrogen-bond acceptors (Lipinski definition) is 6. The maximum Gasteiger partial charge on any atom is 0.272 e. The quantitative estimate of drug-likeness (QED) is 0.573. The molecule has 0 amide bonds. The third-order valence-electron chi connectivity index (χ3n) is 6.74. The smallest absolute Gasteiger partial charge is 0.272 e. The van der Waals surface area contributed by atoms with Crippen molar-refractivity contribution >= 4 is 35.9 Å². The molecule has 3 aliphatic rings. The normalized spacial score (nSPS) is 23.4. The fourth-order valence-corrected chi connectivity index (χ4v) is 4.81. The van der Waals surface area contributed by atoms with E-state index in [2.05, 4.69) is 32.8 Å². The van der Waals surface area contributed by atoms with Gasteiger partial charge >= 0.3 is 0 Å². The number of piperidine rings is 1. The van der Waals surface area contributed by atoms with E-state index >= 15 is 0 Å². The van der Waals surface area contributed by atoms with Gasteiger partial charge in [-0.2, -0.15) is 10.4 Å². The zero-order chi connectivity index (χ0) is 23.2. The van der Waals surface area contributed by atoms with Gasteiger partial charge in [0.05, 0.1) is 42.8 Å². The van der Waals surface area contributed by atoms with Crippen molar-refractivity contribution in [2.75, 3.05) is 26.3 Å². The van der Waals surface area contributed by atoms with Gasteiger partial charge in [0.25, 0.3) is 5.92 Å². The van der Waals surface area contributed by atoms with Gasteiger partial charge in [-0.25, -0.2) is 13.5 Å². The van der Waals surface area contributed by atoms with Crippen LogP contribution in [0.1, 0.15) is 47.9 Å². The van der Waals surface area contributed by atoms with Gasteiger partial charge in [-0.15, -0.1) is 0 Å². The van der Waals surface area contributed by atoms with E-state index in [1.165, 1.54) is 12.4 Å². The number of likely N-dealkylation sites (tertiary alicyclic amines) is 1. The average molecular weight is 473 g/mol. The van der Waals surface area contributed by atoms with Crippen LogP contribution in [0.4, 0.5) is 20.2 Å². The van der Waals surface area contributed by atoms with E-state index < -0.39 is 12.0 Å². The van der Waals surface area contributed by atoms with Crippen molar-refractivity contribution in [2.24, 2.45) is 9.98 Å². The number of nitriles is 1. The van der Waals surface area contributed by atoms with Crippen LogP contribution in [0, 0.1) is 11.3 Å². The summed E-state index contributed by atoms with van der Waals surface area (Å²) in [5.41, 5.74) is 3.05. The second-order valence-corrected chi connectivity index (χ2v) is 9.13. The molecule has 2 saturated heterocycles. The van der Waals surface area contributed by atoms with Crippen LogP contribution in [0.2, 0.25) is 5.15 Å². The molecule has 5 rings (SSSR count). The summed E-state index contributed by atoms with van der Waals surface area (Å²) in [4.78, 5) is 10.9. The number of aromatic nitrogens is 2. The van der Waals surface area contributed by atoms with Crippen molar-refractivity contribution in [3.8, 4) is 6.07 Å². The Labute approximate surface area is 195 Å². The molecule has 172 valence electrons. The molecule has 1 saturated carbocycles. The standard InChI is InChI=1S/C23H23ClF2N6O/c1-28-19-7-18(14-2-4-31(5-3-14)17-12-33-13-17)15(9-27)6-16(19)10-29-20-11-30-32(22(20)24)21-8-23(21,25)26/h6-7,10-11,14,17,21H,1-5,8,12-13H2. The summed E-state index contributed by atoms with van der Waals surface area (Å²) in [7, 11) is 0. The maximum absolute atomic E-state index is 13.4. The van der Waals surface area contributed by atoms with Crippen molar-refractivity contribution in [2.45, 2.75) is 43.2 Å². The van der Waals surface area contributed by atoms with E-state index in [1.807, 2.05) is 6.07 Å². The highest BCUT2D eigenvalue weighted by molar-refractivity contribution is 6.32. The van der Waals surface area contributed by atoms with E-state index in [1.54, 1.807) is 6.07 Å². The molecular formula is C23H23ClF2N6O. The van der Waals surface area contributed by atoms with E-state index in [0.29, 0.717) is 22.9 Å². The first-order chi connectivity index (χ1) is 15.9. The van der Waals surface area contributed by atoms with Crippen LogP contribution >= 0.6 is 11.6 Å². The molecule has 2 aliphatic heterocycles. The molecule has 1 aromatic carbocycles. The number of alkyl halides is 2. The van der Waals surface area contributed by atoms with Gasteiger partial charge in [0.1, 0.15) is 11.7 Å². The maximum atomic E-state index is 13.4. The van der Waals surface area contributed by atoms with Gasteiger partial charge in [-0.3, -0.25) is 14.9 Å². The highest BCUT2D eigenvalue weighted by Gasteiger charge is 2.59. The monoisotopic (exact) mass is 472 g/mol. The van der Waals surface area contributed by atoms with Crippen molar-refractivity contribution in [1.29, 1.82) is 5.26 Å². The highest BCUT2D eigenvalue weighted by atomic mass is 35.5. The third kappa shape index (κ3) is 4.19. The number of hydrogen-bond donors (Lipinski definition) is 0. The summed E-state index contributed by atoms with van der Waals surface area (Å²) in [6.07, 6.45) is 4.54. The number of ether oxygens (including phenoxy) is 1. The minimum atomic E-state index is -2.78. The Kier molecular flexibility index (Phi) is 5.77. The lowest BCUT2D eigenvalue weighted by atomic mass is 9.85. The van der Waals surface area contributed by atoms with E-state index in [9.17, 15) is 14.0 Å². The Bertz CT molecular complexity index is 1140. The molecule has 3 fully saturated rings. The number of benzene rings is 1. The SMILES string of the molecule is C=Nc1cc(C2CCN(C3COC3)CC2)c(C#N)cc1C=Nc1cnn(C2CC2(F)F)c1Cl. The van der Waals surface area contributed by atoms with Crippen LogP contribution in [-0.4, -0.2) is 65.9 Å². The first kappa shape index (κ1) is 22.1. The van der Waals surface area contributed by atoms with E-state index in [4.69, 9.17) is 16.3 Å². The zero-order valence-corrected chi connectivity index (χ0v) is 18.7. The van der Waals surface area contributed by atoms with Gasteiger partial charge in [-0.1, -0.05) is 11.6 Å². The van der Waals surface area contributed by atoms with Crippen LogP contribution in [0.15, 0.2) is 28.3 Å². The summed E-state index contributed by atoms with van der Waals surface area (Å²) >= 11 is 6.21. The first-order valence-electron chi connectivity index (χ1n) is 10.9. The number of rotatable bonds is 6. The van der Waals surface area contributed by atoms with Gasteiger partial charge in [0, 0.05) is 18.2 Å². The van der Waals surface area contributed by atoms with Crippen molar-refractivity contribution < 1.29 is 13.5 Å². The summed E-state index contributed by atoms with van der Waals surface area (Å²) in [5, 5.41) is 13.8. The van der Waals surface area contributed by atoms with E-state index in [-0.39, 0.29) is 23.2 Å². The molecule has 1 aromatic heterocycles. The van der Waals surface area contributed by atoms with Gasteiger partial charge in [0.2, 0.25) is 0 Å². The molecule has 0 spiro atoms. The number of nitrogens with zero attached hydrogens (tertiary/aromatic N) is 6. The second kappa shape index (κ2) is 8.60. The van der Waals surface area contributed by atoms with Crippen LogP contribution in [0.3, 0.4) is 0 Å². The lowest BCUT2D eigenvalue weighted by Gasteiger charge is -2.41. The number of aliphatic imine (C=N–C) groups is 2. The molecule has 0 bridgehead atoms. The molecular weight excluding hydrogens is 450 g/mol. The largest absolute Gasteiger partial charge is 0.378 e. The van der Waals surface area contributed by atoms with Crippen molar-refractivity contribution in [1.82, 2.24) is 14.7 Å². The molecule has 33 heavy (non-hydrogen) atoms. The molecule has 0 N–H and O–H groups in total. The minimum Gasteiger partial charge on any atom is -0.378 e. The Balaban J connectivity index is 1.36. The molecule has 1 aliphatic carbocycles. The van der Waals surface area contributed by atoms with Gasteiger partial charge in [-0.05, 0) is 56.3 Å². The highest BCUT2D eigenvalue weighted by Crippen LogP contribution is 2.53. The molecule has 1 unspecified atom stereocenters. The third-order valence-corrected chi connectivity index (χ3v) is 7.11. The predicted molar refractivity (Wildman–Crippen MR) is 122 cm³/mol. The summed E-state index contributed by atoms with van der Waals surface area (Å²) in [5.74, 6) is -2.51. The van der Waals surface area contributed by atoms with Crippen LogP contribution < -0.4 is 0 Å². The second-order valence-electron chi connectivity index (χ2n) is 8.77. The Hall–Kier alpha value is -2.67. The molecule has 2 aromatic rings. The van der Waals surface area contributed by atoms with Gasteiger partial charge in [0.15, 0.2) is 5.15 Å². The Morgan fingerprint density at radius 3 is 2.58 bits per heavy atom. The lowest BCUT2D eigenvalue weighted by Crippen LogP contribution is -2.51. The topological polar surface area (TPSA) is 78.8 Å². The van der Waals surface area contributed by atoms with Crippen molar-refractivity contribution in [3.05, 3.63) is 40.2 Å². The molecule has 7 nitrogen and oxygen atoms in total. The Morgan fingerprint density at radius 2 is 2.00 bits per heavy atom. The summed E-state index contributed by atoms with van der Waals surface area (Å²) in [6.45, 7) is 7.23. The molecule has 0 radical (unpaired) electrons.